The van der Waals surface area contributed by atoms with Crippen molar-refractivity contribution in [3.63, 3.8) is 0 Å². The van der Waals surface area contributed by atoms with E-state index in [4.69, 9.17) is 5.73 Å². The van der Waals surface area contributed by atoms with Crippen molar-refractivity contribution in [2.24, 2.45) is 0 Å². The molecule has 4 nitrogen and oxygen atoms in total. The molecule has 0 unspecified atom stereocenters. The second-order valence-corrected chi connectivity index (χ2v) is 6.41. The summed E-state index contributed by atoms with van der Waals surface area (Å²) in [6, 6.07) is 12.7. The van der Waals surface area contributed by atoms with E-state index in [1.54, 1.807) is 12.1 Å². The molecule has 0 amide bonds. The van der Waals surface area contributed by atoms with E-state index in [9.17, 15) is 8.42 Å². The summed E-state index contributed by atoms with van der Waals surface area (Å²) in [5.74, 6) is 0. The highest BCUT2D eigenvalue weighted by atomic mass is 32.2. The molecule has 100 valence electrons. The second kappa shape index (κ2) is 4.93. The fraction of sp³-hybridized carbons (Fsp3) is 0.143. The molecular weight excluding hydrogens is 260 g/mol. The zero-order valence-corrected chi connectivity index (χ0v) is 11.7. The number of hydrogen-bond donors (Lipinski definition) is 2. The minimum absolute atomic E-state index is 0.145. The van der Waals surface area contributed by atoms with Crippen LogP contribution < -0.4 is 11.1 Å². The second-order valence-electron chi connectivity index (χ2n) is 4.43. The minimum Gasteiger partial charge on any atom is -0.396 e. The van der Waals surface area contributed by atoms with Crippen molar-refractivity contribution >= 4 is 26.9 Å². The molecule has 3 N–H and O–H groups in total. The summed E-state index contributed by atoms with van der Waals surface area (Å²) in [5, 5.41) is 3.16. The van der Waals surface area contributed by atoms with Gasteiger partial charge in [-0.25, -0.2) is 8.42 Å². The maximum Gasteiger partial charge on any atom is 0.177 e. The summed E-state index contributed by atoms with van der Waals surface area (Å²) in [6.45, 7) is 1.97. The van der Waals surface area contributed by atoms with E-state index < -0.39 is 9.84 Å². The third kappa shape index (κ3) is 2.88. The van der Waals surface area contributed by atoms with Crippen LogP contribution in [0, 0.1) is 6.92 Å². The molecule has 2 aromatic carbocycles. The molecule has 0 atom stereocenters. The van der Waals surface area contributed by atoms with Crippen LogP contribution in [0.3, 0.4) is 0 Å². The predicted octanol–water partition coefficient (Wildman–Crippen LogP) is 2.72. The third-order valence-electron chi connectivity index (χ3n) is 2.88. The number of aryl methyl sites for hydroxylation is 1. The molecular formula is C14H16N2O2S. The number of para-hydroxylation sites is 2. The number of sulfone groups is 1. The number of nitrogen functional groups attached to an aromatic ring is 1. The Morgan fingerprint density at radius 2 is 1.63 bits per heavy atom. The van der Waals surface area contributed by atoms with Gasteiger partial charge in [0.25, 0.3) is 0 Å². The molecule has 19 heavy (non-hydrogen) atoms. The largest absolute Gasteiger partial charge is 0.396 e. The van der Waals surface area contributed by atoms with Gasteiger partial charge in [-0.15, -0.1) is 0 Å². The molecule has 0 saturated heterocycles. The predicted molar refractivity (Wildman–Crippen MR) is 78.4 cm³/mol. The van der Waals surface area contributed by atoms with Gasteiger partial charge in [0.1, 0.15) is 0 Å². The highest BCUT2D eigenvalue weighted by Crippen LogP contribution is 2.30. The third-order valence-corrected chi connectivity index (χ3v) is 4.03. The monoisotopic (exact) mass is 276 g/mol. The summed E-state index contributed by atoms with van der Waals surface area (Å²) < 4.78 is 23.2. The van der Waals surface area contributed by atoms with Gasteiger partial charge in [-0.1, -0.05) is 24.3 Å². The van der Waals surface area contributed by atoms with Crippen molar-refractivity contribution in [3.05, 3.63) is 48.0 Å². The van der Waals surface area contributed by atoms with Crippen molar-refractivity contribution < 1.29 is 8.42 Å². The van der Waals surface area contributed by atoms with Crippen LogP contribution in [0.15, 0.2) is 47.4 Å². The highest BCUT2D eigenvalue weighted by molar-refractivity contribution is 7.90. The molecule has 0 bridgehead atoms. The molecule has 0 aliphatic heterocycles. The lowest BCUT2D eigenvalue weighted by Crippen LogP contribution is -2.05. The van der Waals surface area contributed by atoms with Crippen molar-refractivity contribution in [3.8, 4) is 0 Å². The van der Waals surface area contributed by atoms with E-state index >= 15 is 0 Å². The maximum absolute atomic E-state index is 11.6. The Bertz CT molecular complexity index is 709. The molecule has 0 aromatic heterocycles. The first-order chi connectivity index (χ1) is 8.89. The highest BCUT2D eigenvalue weighted by Gasteiger charge is 2.14. The minimum atomic E-state index is -3.32. The SMILES string of the molecule is Cc1ccccc1Nc1cccc(S(C)(=O)=O)c1N. The van der Waals surface area contributed by atoms with Gasteiger partial charge >= 0.3 is 0 Å². The van der Waals surface area contributed by atoms with Gasteiger partial charge in [0.05, 0.1) is 16.3 Å². The van der Waals surface area contributed by atoms with E-state index in [0.29, 0.717) is 5.69 Å². The van der Waals surface area contributed by atoms with E-state index in [1.807, 2.05) is 31.2 Å². The molecule has 2 rings (SSSR count). The van der Waals surface area contributed by atoms with Crippen LogP contribution in [0.5, 0.6) is 0 Å². The number of anilines is 3. The fourth-order valence-electron chi connectivity index (χ4n) is 1.83. The van der Waals surface area contributed by atoms with Gasteiger partial charge in [0.15, 0.2) is 9.84 Å². The van der Waals surface area contributed by atoms with Crippen LogP contribution in [0.1, 0.15) is 5.56 Å². The molecule has 0 aliphatic carbocycles. The van der Waals surface area contributed by atoms with Gasteiger partial charge in [0, 0.05) is 11.9 Å². The Morgan fingerprint density at radius 1 is 1.00 bits per heavy atom. The first-order valence-corrected chi connectivity index (χ1v) is 7.70. The summed E-state index contributed by atoms with van der Waals surface area (Å²) in [4.78, 5) is 0.145. The van der Waals surface area contributed by atoms with Crippen molar-refractivity contribution in [1.82, 2.24) is 0 Å². The van der Waals surface area contributed by atoms with E-state index in [1.165, 1.54) is 6.07 Å². The molecule has 0 heterocycles. The molecule has 5 heteroatoms. The van der Waals surface area contributed by atoms with Crippen LogP contribution in [-0.2, 0) is 9.84 Å². The number of rotatable bonds is 3. The van der Waals surface area contributed by atoms with Crippen molar-refractivity contribution in [2.75, 3.05) is 17.3 Å². The molecule has 0 fully saturated rings. The number of nitrogens with one attached hydrogen (secondary N) is 1. The molecule has 0 saturated carbocycles. The Hall–Kier alpha value is -2.01. The van der Waals surface area contributed by atoms with Gasteiger partial charge in [0.2, 0.25) is 0 Å². The lowest BCUT2D eigenvalue weighted by atomic mass is 10.2. The topological polar surface area (TPSA) is 72.2 Å². The number of nitrogens with two attached hydrogens (primary N) is 1. The van der Waals surface area contributed by atoms with E-state index in [0.717, 1.165) is 17.5 Å². The summed E-state index contributed by atoms with van der Waals surface area (Å²) in [7, 11) is -3.32. The van der Waals surface area contributed by atoms with Crippen LogP contribution in [0.2, 0.25) is 0 Å². The Morgan fingerprint density at radius 3 is 2.26 bits per heavy atom. The quantitative estimate of drug-likeness (QED) is 0.845. The van der Waals surface area contributed by atoms with Crippen LogP contribution in [-0.4, -0.2) is 14.7 Å². The number of benzene rings is 2. The maximum atomic E-state index is 11.6. The normalized spacial score (nSPS) is 11.3. The van der Waals surface area contributed by atoms with E-state index in [2.05, 4.69) is 5.32 Å². The van der Waals surface area contributed by atoms with Gasteiger partial charge in [-0.05, 0) is 30.7 Å². The van der Waals surface area contributed by atoms with Crippen molar-refractivity contribution in [1.29, 1.82) is 0 Å². The fourth-order valence-corrected chi connectivity index (χ4v) is 2.67. The Kier molecular flexibility index (Phi) is 3.48. The average molecular weight is 276 g/mol. The first-order valence-electron chi connectivity index (χ1n) is 5.81. The van der Waals surface area contributed by atoms with Crippen LogP contribution >= 0.6 is 0 Å². The zero-order chi connectivity index (χ0) is 14.0. The molecule has 0 radical (unpaired) electrons. The molecule has 0 spiro atoms. The van der Waals surface area contributed by atoms with Gasteiger partial charge < -0.3 is 11.1 Å². The Labute approximate surface area is 113 Å². The average Bonchev–Trinajstić information content (AvgIpc) is 2.33. The summed E-state index contributed by atoms with van der Waals surface area (Å²) in [6.07, 6.45) is 1.15. The summed E-state index contributed by atoms with van der Waals surface area (Å²) >= 11 is 0. The zero-order valence-electron chi connectivity index (χ0n) is 10.8. The smallest absolute Gasteiger partial charge is 0.177 e. The van der Waals surface area contributed by atoms with Crippen LogP contribution in [0.25, 0.3) is 0 Å². The number of hydrogen-bond acceptors (Lipinski definition) is 4. The van der Waals surface area contributed by atoms with Gasteiger partial charge in [-0.3, -0.25) is 0 Å². The lowest BCUT2D eigenvalue weighted by molar-refractivity contribution is 0.602. The summed E-state index contributed by atoms with van der Waals surface area (Å²) in [5.41, 5.74) is 8.73. The van der Waals surface area contributed by atoms with Gasteiger partial charge in [-0.2, -0.15) is 0 Å². The standard InChI is InChI=1S/C14H16N2O2S/c1-10-6-3-4-7-11(10)16-12-8-5-9-13(14(12)15)19(2,17)18/h3-9,16H,15H2,1-2H3. The van der Waals surface area contributed by atoms with Crippen LogP contribution in [0.4, 0.5) is 17.1 Å². The Balaban J connectivity index is 2.46. The first kappa shape index (κ1) is 13.4. The van der Waals surface area contributed by atoms with E-state index in [-0.39, 0.29) is 10.6 Å². The molecule has 2 aromatic rings. The van der Waals surface area contributed by atoms with Crippen molar-refractivity contribution in [2.45, 2.75) is 11.8 Å². The lowest BCUT2D eigenvalue weighted by Gasteiger charge is -2.13. The molecule has 0 aliphatic rings.